The highest BCUT2D eigenvalue weighted by Crippen LogP contribution is 2.26. The van der Waals surface area contributed by atoms with E-state index in [1.807, 2.05) is 0 Å². The summed E-state index contributed by atoms with van der Waals surface area (Å²) in [6.07, 6.45) is 2.39. The monoisotopic (exact) mass is 248 g/mol. The molecule has 18 heavy (non-hydrogen) atoms. The number of nitrogens with one attached hydrogen (secondary N) is 2. The van der Waals surface area contributed by atoms with Crippen molar-refractivity contribution < 1.29 is 5.11 Å². The Balaban J connectivity index is 2.05. The summed E-state index contributed by atoms with van der Waals surface area (Å²) in [6, 6.07) is 6.67. The predicted molar refractivity (Wildman–Crippen MR) is 75.8 cm³/mol. The molecule has 1 atom stereocenters. The van der Waals surface area contributed by atoms with E-state index in [0.29, 0.717) is 5.92 Å². The molecule has 0 fully saturated rings. The van der Waals surface area contributed by atoms with Crippen LogP contribution in [0, 0.1) is 5.92 Å². The maximum atomic E-state index is 9.33. The van der Waals surface area contributed by atoms with Crippen LogP contribution in [0.3, 0.4) is 0 Å². The number of para-hydroxylation sites is 1. The van der Waals surface area contributed by atoms with Gasteiger partial charge in [-0.2, -0.15) is 0 Å². The first-order valence-corrected chi connectivity index (χ1v) is 6.91. The minimum absolute atomic E-state index is 0.171. The molecule has 100 valence electrons. The highest BCUT2D eigenvalue weighted by molar-refractivity contribution is 5.59. The summed E-state index contributed by atoms with van der Waals surface area (Å²) in [5.74, 6) is 0.447. The van der Waals surface area contributed by atoms with Crippen molar-refractivity contribution in [2.24, 2.45) is 5.92 Å². The molecule has 3 nitrogen and oxygen atoms in total. The molecule has 0 spiro atoms. The van der Waals surface area contributed by atoms with Crippen molar-refractivity contribution in [3.63, 3.8) is 0 Å². The predicted octanol–water partition coefficient (Wildman–Crippen LogP) is 2.15. The van der Waals surface area contributed by atoms with Crippen LogP contribution >= 0.6 is 0 Å². The summed E-state index contributed by atoms with van der Waals surface area (Å²) in [6.45, 7) is 6.34. The lowest BCUT2D eigenvalue weighted by Crippen LogP contribution is -2.36. The van der Waals surface area contributed by atoms with E-state index in [-0.39, 0.29) is 12.6 Å². The Hall–Kier alpha value is -1.06. The van der Waals surface area contributed by atoms with Crippen molar-refractivity contribution in [2.45, 2.75) is 39.3 Å². The number of hydrogen-bond donors (Lipinski definition) is 3. The maximum Gasteiger partial charge on any atom is 0.0587 e. The molecule has 0 amide bonds. The fourth-order valence-electron chi connectivity index (χ4n) is 2.48. The van der Waals surface area contributed by atoms with Crippen LogP contribution in [-0.4, -0.2) is 24.3 Å². The molecule has 3 heteroatoms. The van der Waals surface area contributed by atoms with E-state index >= 15 is 0 Å². The average molecular weight is 248 g/mol. The van der Waals surface area contributed by atoms with Gasteiger partial charge in [-0.05, 0) is 29.9 Å². The van der Waals surface area contributed by atoms with Crippen molar-refractivity contribution in [1.82, 2.24) is 5.32 Å². The number of aryl methyl sites for hydroxylation is 1. The molecule has 0 bridgehead atoms. The quantitative estimate of drug-likeness (QED) is 0.748. The second-order valence-corrected chi connectivity index (χ2v) is 5.40. The molecular weight excluding hydrogens is 224 g/mol. The summed E-state index contributed by atoms with van der Waals surface area (Å²) in [5.41, 5.74) is 4.04. The lowest BCUT2D eigenvalue weighted by molar-refractivity contribution is 0.210. The Morgan fingerprint density at radius 1 is 1.39 bits per heavy atom. The zero-order valence-corrected chi connectivity index (χ0v) is 11.4. The number of aliphatic hydroxyl groups excluding tert-OH is 1. The first-order valence-electron chi connectivity index (χ1n) is 6.91. The Labute approximate surface area is 110 Å². The van der Waals surface area contributed by atoms with Crippen molar-refractivity contribution >= 4 is 5.69 Å². The van der Waals surface area contributed by atoms with Crippen LogP contribution in [0.15, 0.2) is 18.2 Å². The zero-order valence-electron chi connectivity index (χ0n) is 11.4. The third-order valence-electron chi connectivity index (χ3n) is 3.72. The lowest BCUT2D eigenvalue weighted by Gasteiger charge is -2.24. The fraction of sp³-hybridized carbons (Fsp3) is 0.600. The van der Waals surface area contributed by atoms with Gasteiger partial charge in [-0.1, -0.05) is 32.0 Å². The normalized spacial score (nSPS) is 16.2. The number of hydrogen-bond acceptors (Lipinski definition) is 3. The van der Waals surface area contributed by atoms with Gasteiger partial charge in [0.25, 0.3) is 0 Å². The van der Waals surface area contributed by atoms with E-state index < -0.39 is 0 Å². The van der Waals surface area contributed by atoms with Crippen LogP contribution in [0.1, 0.15) is 31.4 Å². The number of benzene rings is 1. The van der Waals surface area contributed by atoms with Gasteiger partial charge in [-0.15, -0.1) is 0 Å². The van der Waals surface area contributed by atoms with Crippen LogP contribution < -0.4 is 10.6 Å². The minimum atomic E-state index is 0.171. The standard InChI is InChI=1S/C15H24N2O/c1-11(2)14(10-18)17-9-13-6-3-5-12-7-4-8-16-15(12)13/h3,5-6,11,14,16-18H,4,7-10H2,1-2H3. The molecular formula is C15H24N2O. The molecule has 3 N–H and O–H groups in total. The van der Waals surface area contributed by atoms with Gasteiger partial charge in [-0.25, -0.2) is 0 Å². The van der Waals surface area contributed by atoms with Gasteiger partial charge in [-0.3, -0.25) is 0 Å². The minimum Gasteiger partial charge on any atom is -0.395 e. The van der Waals surface area contributed by atoms with Crippen molar-refractivity contribution in [2.75, 3.05) is 18.5 Å². The molecule has 1 aromatic carbocycles. The second kappa shape index (κ2) is 6.21. The highest BCUT2D eigenvalue weighted by Gasteiger charge is 2.15. The molecule has 1 aliphatic heterocycles. The van der Waals surface area contributed by atoms with Crippen molar-refractivity contribution in [3.05, 3.63) is 29.3 Å². The second-order valence-electron chi connectivity index (χ2n) is 5.40. The van der Waals surface area contributed by atoms with Crippen LogP contribution in [0.2, 0.25) is 0 Å². The molecule has 0 saturated carbocycles. The van der Waals surface area contributed by atoms with Crippen LogP contribution in [0.5, 0.6) is 0 Å². The summed E-state index contributed by atoms with van der Waals surface area (Å²) in [7, 11) is 0. The molecule has 0 aromatic heterocycles. The van der Waals surface area contributed by atoms with Crippen molar-refractivity contribution in [1.29, 1.82) is 0 Å². The van der Waals surface area contributed by atoms with Gasteiger partial charge in [0.15, 0.2) is 0 Å². The van der Waals surface area contributed by atoms with Gasteiger partial charge in [0, 0.05) is 24.8 Å². The molecule has 1 aromatic rings. The summed E-state index contributed by atoms with van der Waals surface area (Å²) in [5, 5.41) is 16.3. The van der Waals surface area contributed by atoms with E-state index in [4.69, 9.17) is 0 Å². The van der Waals surface area contributed by atoms with Gasteiger partial charge in [0.1, 0.15) is 0 Å². The first-order chi connectivity index (χ1) is 8.72. The third-order valence-corrected chi connectivity index (χ3v) is 3.72. The highest BCUT2D eigenvalue weighted by atomic mass is 16.3. The Morgan fingerprint density at radius 3 is 2.94 bits per heavy atom. The number of rotatable bonds is 5. The molecule has 0 radical (unpaired) electrons. The van der Waals surface area contributed by atoms with E-state index in [0.717, 1.165) is 13.1 Å². The number of aliphatic hydroxyl groups is 1. The lowest BCUT2D eigenvalue weighted by atomic mass is 9.98. The number of fused-ring (bicyclic) bond motifs is 1. The van der Waals surface area contributed by atoms with Gasteiger partial charge >= 0.3 is 0 Å². The topological polar surface area (TPSA) is 44.3 Å². The largest absolute Gasteiger partial charge is 0.395 e. The third kappa shape index (κ3) is 3.03. The van der Waals surface area contributed by atoms with Crippen LogP contribution in [-0.2, 0) is 13.0 Å². The zero-order chi connectivity index (χ0) is 13.0. The Bertz CT molecular complexity index is 390. The average Bonchev–Trinajstić information content (AvgIpc) is 2.39. The SMILES string of the molecule is CC(C)C(CO)NCc1cccc2c1NCCC2. The molecule has 1 heterocycles. The van der Waals surface area contributed by atoms with Gasteiger partial charge in [0.2, 0.25) is 0 Å². The van der Waals surface area contributed by atoms with Crippen LogP contribution in [0.4, 0.5) is 5.69 Å². The molecule has 1 unspecified atom stereocenters. The molecule has 0 saturated heterocycles. The van der Waals surface area contributed by atoms with E-state index in [2.05, 4.69) is 42.7 Å². The smallest absolute Gasteiger partial charge is 0.0587 e. The number of anilines is 1. The van der Waals surface area contributed by atoms with Crippen LogP contribution in [0.25, 0.3) is 0 Å². The molecule has 2 rings (SSSR count). The first kappa shape index (κ1) is 13.4. The van der Waals surface area contributed by atoms with Gasteiger partial charge < -0.3 is 15.7 Å². The maximum absolute atomic E-state index is 9.33. The summed E-state index contributed by atoms with van der Waals surface area (Å²) >= 11 is 0. The Kier molecular flexibility index (Phi) is 4.61. The summed E-state index contributed by atoms with van der Waals surface area (Å²) < 4.78 is 0. The Morgan fingerprint density at radius 2 is 2.22 bits per heavy atom. The van der Waals surface area contributed by atoms with Crippen molar-refractivity contribution in [3.8, 4) is 0 Å². The van der Waals surface area contributed by atoms with E-state index in [1.54, 1.807) is 0 Å². The van der Waals surface area contributed by atoms with E-state index in [1.165, 1.54) is 29.7 Å². The fourth-order valence-corrected chi connectivity index (χ4v) is 2.48. The summed E-state index contributed by atoms with van der Waals surface area (Å²) in [4.78, 5) is 0. The van der Waals surface area contributed by atoms with E-state index in [9.17, 15) is 5.11 Å². The molecule has 0 aliphatic carbocycles. The molecule has 1 aliphatic rings. The van der Waals surface area contributed by atoms with Gasteiger partial charge in [0.05, 0.1) is 6.61 Å².